The van der Waals surface area contributed by atoms with Crippen molar-refractivity contribution in [1.29, 1.82) is 0 Å². The van der Waals surface area contributed by atoms with Crippen LogP contribution in [0, 0.1) is 0 Å². The van der Waals surface area contributed by atoms with Crippen molar-refractivity contribution in [2.75, 3.05) is 6.66 Å². The second-order valence-electron chi connectivity index (χ2n) is 2.97. The van der Waals surface area contributed by atoms with Crippen LogP contribution in [0.4, 0.5) is 12.6 Å². The van der Waals surface area contributed by atoms with Crippen LogP contribution in [-0.2, 0) is 0 Å². The van der Waals surface area contributed by atoms with Crippen molar-refractivity contribution >= 4 is 18.9 Å². The predicted molar refractivity (Wildman–Crippen MR) is 52.3 cm³/mol. The minimum atomic E-state index is -6.06. The van der Waals surface area contributed by atoms with Gasteiger partial charge in [0.25, 0.3) is 0 Å². The maximum atomic E-state index is 12.8. The standard InChI is InChI=1S/C9H10F3P/c1-3-8-4-6-9(7-5-8)13(2,10,11)12/h3-7H,1H2,2H3. The molecule has 1 aromatic rings. The van der Waals surface area contributed by atoms with E-state index < -0.39 is 12.8 Å². The molecule has 72 valence electrons. The summed E-state index contributed by atoms with van der Waals surface area (Å²) in [5, 5.41) is -0.517. The molecule has 0 aliphatic heterocycles. The van der Waals surface area contributed by atoms with Crippen LogP contribution in [0.1, 0.15) is 5.56 Å². The molecule has 0 nitrogen and oxygen atoms in total. The van der Waals surface area contributed by atoms with Gasteiger partial charge in [0.05, 0.1) is 0 Å². The van der Waals surface area contributed by atoms with Crippen LogP contribution in [-0.4, -0.2) is 6.66 Å². The Morgan fingerprint density at radius 1 is 1.15 bits per heavy atom. The summed E-state index contributed by atoms with van der Waals surface area (Å²) in [4.78, 5) is 0. The second-order valence-corrected chi connectivity index (χ2v) is 5.84. The summed E-state index contributed by atoms with van der Waals surface area (Å²) in [6, 6.07) is 5.06. The van der Waals surface area contributed by atoms with Gasteiger partial charge in [0.2, 0.25) is 0 Å². The molecule has 0 unspecified atom stereocenters. The van der Waals surface area contributed by atoms with E-state index in [4.69, 9.17) is 0 Å². The zero-order valence-electron chi connectivity index (χ0n) is 7.17. The van der Waals surface area contributed by atoms with Crippen LogP contribution in [0.3, 0.4) is 0 Å². The van der Waals surface area contributed by atoms with Crippen molar-refractivity contribution in [2.45, 2.75) is 0 Å². The molecular weight excluding hydrogens is 196 g/mol. The normalized spacial score (nSPS) is 14.6. The fourth-order valence-electron chi connectivity index (χ4n) is 0.929. The molecule has 0 radical (unpaired) electrons. The summed E-state index contributed by atoms with van der Waals surface area (Å²) in [5.74, 6) is 0. The van der Waals surface area contributed by atoms with E-state index in [-0.39, 0.29) is 0 Å². The Balaban J connectivity index is 3.14. The molecule has 0 atom stereocenters. The van der Waals surface area contributed by atoms with Gasteiger partial charge in [-0.05, 0) is 0 Å². The third kappa shape index (κ3) is 2.56. The van der Waals surface area contributed by atoms with Crippen molar-refractivity contribution < 1.29 is 12.6 Å². The van der Waals surface area contributed by atoms with Gasteiger partial charge in [-0.15, -0.1) is 0 Å². The Kier molecular flexibility index (Phi) is 2.25. The molecule has 0 N–H and O–H groups in total. The molecule has 0 aliphatic carbocycles. The van der Waals surface area contributed by atoms with Crippen molar-refractivity contribution in [3.8, 4) is 0 Å². The number of rotatable bonds is 2. The van der Waals surface area contributed by atoms with Gasteiger partial charge in [0, 0.05) is 0 Å². The average Bonchev–Trinajstić information content (AvgIpc) is 2.02. The summed E-state index contributed by atoms with van der Waals surface area (Å²) in [7, 11) is -6.06. The molecule has 13 heavy (non-hydrogen) atoms. The molecule has 0 amide bonds. The maximum absolute atomic E-state index is 12.8. The van der Waals surface area contributed by atoms with E-state index in [1.165, 1.54) is 18.2 Å². The van der Waals surface area contributed by atoms with Gasteiger partial charge in [-0.3, -0.25) is 0 Å². The van der Waals surface area contributed by atoms with E-state index in [2.05, 4.69) is 6.58 Å². The third-order valence-electron chi connectivity index (χ3n) is 1.68. The fourth-order valence-corrected chi connectivity index (χ4v) is 1.71. The van der Waals surface area contributed by atoms with Crippen molar-refractivity contribution in [1.82, 2.24) is 0 Å². The summed E-state index contributed by atoms with van der Waals surface area (Å²) in [6.45, 7) is 3.84. The van der Waals surface area contributed by atoms with Gasteiger partial charge < -0.3 is 0 Å². The SMILES string of the molecule is C=Cc1ccc(P(C)(F)(F)F)cc1. The topological polar surface area (TPSA) is 0 Å². The molecule has 0 saturated heterocycles. The predicted octanol–water partition coefficient (Wildman–Crippen LogP) is 3.79. The molecule has 0 heterocycles. The summed E-state index contributed by atoms with van der Waals surface area (Å²) >= 11 is 0. The Morgan fingerprint density at radius 2 is 1.62 bits per heavy atom. The quantitative estimate of drug-likeness (QED) is 0.645. The second kappa shape index (κ2) is 2.85. The van der Waals surface area contributed by atoms with Crippen molar-refractivity contribution in [3.63, 3.8) is 0 Å². The summed E-state index contributed by atoms with van der Waals surface area (Å²) in [6.07, 6.45) is 1.52. The fraction of sp³-hybridized carbons (Fsp3) is 0.111. The van der Waals surface area contributed by atoms with Gasteiger partial charge in [-0.2, -0.15) is 0 Å². The third-order valence-corrected chi connectivity index (χ3v) is 3.08. The number of benzene rings is 1. The summed E-state index contributed by atoms with van der Waals surface area (Å²) in [5.41, 5.74) is 0.698. The molecule has 0 aliphatic rings. The van der Waals surface area contributed by atoms with E-state index in [0.717, 1.165) is 12.1 Å². The van der Waals surface area contributed by atoms with E-state index in [1.807, 2.05) is 0 Å². The molecule has 4 heteroatoms. The molecule has 0 bridgehead atoms. The molecule has 0 spiro atoms. The Morgan fingerprint density at radius 3 is 1.92 bits per heavy atom. The van der Waals surface area contributed by atoms with Gasteiger partial charge >= 0.3 is 74.6 Å². The van der Waals surface area contributed by atoms with Crippen LogP contribution < -0.4 is 5.30 Å². The first kappa shape index (κ1) is 10.3. The van der Waals surface area contributed by atoms with Crippen molar-refractivity contribution in [2.24, 2.45) is 0 Å². The first-order chi connectivity index (χ1) is 5.80. The van der Waals surface area contributed by atoms with Crippen molar-refractivity contribution in [3.05, 3.63) is 36.4 Å². The van der Waals surface area contributed by atoms with Gasteiger partial charge in [-0.25, -0.2) is 0 Å². The zero-order valence-corrected chi connectivity index (χ0v) is 8.07. The Hall–Kier alpha value is -0.820. The molecule has 1 rings (SSSR count). The van der Waals surface area contributed by atoms with Gasteiger partial charge in [0.1, 0.15) is 0 Å². The van der Waals surface area contributed by atoms with Crippen LogP contribution in [0.25, 0.3) is 6.08 Å². The molecule has 0 saturated carbocycles. The van der Waals surface area contributed by atoms with E-state index in [1.54, 1.807) is 0 Å². The number of halogens is 3. The van der Waals surface area contributed by atoms with Crippen LogP contribution in [0.2, 0.25) is 0 Å². The number of hydrogen-bond donors (Lipinski definition) is 0. The van der Waals surface area contributed by atoms with Gasteiger partial charge in [-0.1, -0.05) is 0 Å². The Bertz CT molecular complexity index is 312. The Labute approximate surface area is 75.4 Å². The summed E-state index contributed by atoms with van der Waals surface area (Å²) < 4.78 is 38.4. The average molecular weight is 206 g/mol. The minimum absolute atomic E-state index is 0.370. The monoisotopic (exact) mass is 206 g/mol. The zero-order chi connectivity index (χ0) is 10.1. The molecule has 0 fully saturated rings. The van der Waals surface area contributed by atoms with E-state index >= 15 is 0 Å². The first-order valence-corrected chi connectivity index (χ1v) is 6.05. The molecule has 1 aromatic carbocycles. The number of hydrogen-bond acceptors (Lipinski definition) is 0. The van der Waals surface area contributed by atoms with E-state index in [9.17, 15) is 12.6 Å². The van der Waals surface area contributed by atoms with Crippen LogP contribution >= 0.6 is 7.54 Å². The van der Waals surface area contributed by atoms with E-state index in [0.29, 0.717) is 12.2 Å². The molecular formula is C9H10F3P. The van der Waals surface area contributed by atoms with Crippen LogP contribution in [0.5, 0.6) is 0 Å². The van der Waals surface area contributed by atoms with Crippen LogP contribution in [0.15, 0.2) is 30.8 Å². The van der Waals surface area contributed by atoms with Gasteiger partial charge in [0.15, 0.2) is 0 Å². The molecule has 0 aromatic heterocycles. The first-order valence-electron chi connectivity index (χ1n) is 3.70.